The first-order valence-corrected chi connectivity index (χ1v) is 11.1. The maximum atomic E-state index is 6.71. The Kier molecular flexibility index (Phi) is 4.68. The predicted molar refractivity (Wildman–Crippen MR) is 116 cm³/mol. The molecule has 3 aliphatic rings. The Morgan fingerprint density at radius 1 is 1.14 bits per heavy atom. The van der Waals surface area contributed by atoms with E-state index in [-0.39, 0.29) is 11.8 Å². The van der Waals surface area contributed by atoms with Crippen LogP contribution >= 0.6 is 15.9 Å². The van der Waals surface area contributed by atoms with Gasteiger partial charge in [-0.25, -0.2) is 5.01 Å². The number of hydrazone groups is 1. The fourth-order valence-electron chi connectivity index (χ4n) is 4.83. The fraction of sp³-hybridized carbons (Fsp3) is 0.435. The van der Waals surface area contributed by atoms with E-state index in [1.165, 1.54) is 24.1 Å². The highest BCUT2D eigenvalue weighted by molar-refractivity contribution is 9.10. The van der Waals surface area contributed by atoms with Crippen LogP contribution in [0.3, 0.4) is 0 Å². The molecule has 1 unspecified atom stereocenters. The third kappa shape index (κ3) is 3.05. The van der Waals surface area contributed by atoms with Gasteiger partial charge in [0.1, 0.15) is 5.75 Å². The smallest absolute Gasteiger partial charge is 0.200 e. The third-order valence-corrected chi connectivity index (χ3v) is 6.74. The fourth-order valence-corrected chi connectivity index (χ4v) is 5.21. The molecule has 0 aromatic heterocycles. The number of piperidine rings is 1. The first-order chi connectivity index (χ1) is 13.7. The number of likely N-dealkylation sites (tertiary alicyclic amines) is 1. The van der Waals surface area contributed by atoms with E-state index >= 15 is 0 Å². The van der Waals surface area contributed by atoms with Crippen molar-refractivity contribution in [1.82, 2.24) is 9.91 Å². The average Bonchev–Trinajstić information content (AvgIpc) is 3.18. The van der Waals surface area contributed by atoms with Crippen molar-refractivity contribution < 1.29 is 4.74 Å². The van der Waals surface area contributed by atoms with E-state index in [4.69, 9.17) is 9.84 Å². The topological polar surface area (TPSA) is 28.1 Å². The van der Waals surface area contributed by atoms with Crippen LogP contribution in [0.1, 0.15) is 49.8 Å². The number of fused-ring (bicyclic) bond motifs is 4. The molecule has 1 fully saturated rings. The van der Waals surface area contributed by atoms with Crippen LogP contribution in [-0.4, -0.2) is 41.0 Å². The van der Waals surface area contributed by atoms with Gasteiger partial charge in [0.05, 0.1) is 11.8 Å². The van der Waals surface area contributed by atoms with E-state index in [0.717, 1.165) is 48.3 Å². The Labute approximate surface area is 175 Å². The van der Waals surface area contributed by atoms with Crippen molar-refractivity contribution in [2.75, 3.05) is 19.6 Å². The summed E-state index contributed by atoms with van der Waals surface area (Å²) in [6, 6.07) is 17.2. The zero-order chi connectivity index (χ0) is 19.1. The summed E-state index contributed by atoms with van der Waals surface area (Å²) in [5.74, 6) is 1.03. The molecule has 3 heterocycles. The van der Waals surface area contributed by atoms with Crippen LogP contribution in [0, 0.1) is 0 Å². The summed E-state index contributed by atoms with van der Waals surface area (Å²) in [5, 5.41) is 7.45. The minimum atomic E-state index is -0.327. The van der Waals surface area contributed by atoms with E-state index in [1.807, 2.05) is 0 Å². The van der Waals surface area contributed by atoms with Gasteiger partial charge in [-0.2, -0.15) is 5.10 Å². The van der Waals surface area contributed by atoms with Crippen LogP contribution in [0.25, 0.3) is 0 Å². The summed E-state index contributed by atoms with van der Waals surface area (Å²) < 4.78 is 7.81. The quantitative estimate of drug-likeness (QED) is 0.657. The Morgan fingerprint density at radius 2 is 1.93 bits per heavy atom. The molecule has 2 aromatic rings. The lowest BCUT2D eigenvalue weighted by molar-refractivity contribution is -0.149. The summed E-state index contributed by atoms with van der Waals surface area (Å²) in [6.45, 7) is 5.56. The van der Waals surface area contributed by atoms with Crippen molar-refractivity contribution in [3.05, 3.63) is 64.1 Å². The molecule has 0 saturated carbocycles. The first kappa shape index (κ1) is 18.2. The molecule has 0 bridgehead atoms. The van der Waals surface area contributed by atoms with Gasteiger partial charge in [-0.15, -0.1) is 0 Å². The van der Waals surface area contributed by atoms with Crippen LogP contribution in [0.4, 0.5) is 0 Å². The van der Waals surface area contributed by atoms with Gasteiger partial charge in [-0.3, -0.25) is 0 Å². The highest BCUT2D eigenvalue weighted by Gasteiger charge is 2.51. The molecule has 0 radical (unpaired) electrons. The normalized spacial score (nSPS) is 23.1. The molecule has 1 saturated heterocycles. The van der Waals surface area contributed by atoms with Gasteiger partial charge in [-0.1, -0.05) is 53.2 Å². The number of rotatable bonds is 3. The van der Waals surface area contributed by atoms with E-state index < -0.39 is 0 Å². The molecule has 1 atom stereocenters. The molecular weight excluding hydrogens is 414 g/mol. The van der Waals surface area contributed by atoms with Crippen molar-refractivity contribution in [3.8, 4) is 5.75 Å². The molecule has 1 spiro atoms. The van der Waals surface area contributed by atoms with E-state index in [0.29, 0.717) is 0 Å². The van der Waals surface area contributed by atoms with Crippen molar-refractivity contribution in [1.29, 1.82) is 0 Å². The Hall–Kier alpha value is -1.85. The van der Waals surface area contributed by atoms with Crippen molar-refractivity contribution >= 4 is 21.6 Å². The number of nitrogens with zero attached hydrogens (tertiary/aromatic N) is 3. The molecule has 0 N–H and O–H groups in total. The zero-order valence-electron chi connectivity index (χ0n) is 16.3. The molecule has 28 heavy (non-hydrogen) atoms. The van der Waals surface area contributed by atoms with Gasteiger partial charge < -0.3 is 9.64 Å². The maximum absolute atomic E-state index is 6.71. The van der Waals surface area contributed by atoms with E-state index in [9.17, 15) is 0 Å². The average molecular weight is 440 g/mol. The number of halogens is 1. The Bertz CT molecular complexity index is 890. The van der Waals surface area contributed by atoms with E-state index in [1.54, 1.807) is 0 Å². The second-order valence-corrected chi connectivity index (χ2v) is 8.96. The molecule has 0 amide bonds. The molecule has 5 heteroatoms. The summed E-state index contributed by atoms with van der Waals surface area (Å²) in [7, 11) is 0. The standard InChI is InChI=1S/C23H26BrN3O/c1-2-12-26-13-10-23(11-14-26)27-21(19-15-18(24)8-9-22(19)28-23)16-20(25-27)17-6-4-3-5-7-17/h3-9,15,21H,2,10-14,16H2,1H3. The van der Waals surface area contributed by atoms with Gasteiger partial charge >= 0.3 is 0 Å². The van der Waals surface area contributed by atoms with Gasteiger partial charge in [0.15, 0.2) is 0 Å². The zero-order valence-corrected chi connectivity index (χ0v) is 17.9. The lowest BCUT2D eigenvalue weighted by Gasteiger charge is -2.51. The molecule has 5 rings (SSSR count). The highest BCUT2D eigenvalue weighted by Crippen LogP contribution is 2.50. The number of hydrogen-bond donors (Lipinski definition) is 0. The largest absolute Gasteiger partial charge is 0.466 e. The molecule has 2 aromatic carbocycles. The van der Waals surface area contributed by atoms with Gasteiger partial charge in [0.25, 0.3) is 0 Å². The van der Waals surface area contributed by atoms with Crippen LogP contribution in [0.5, 0.6) is 5.75 Å². The van der Waals surface area contributed by atoms with Crippen LogP contribution in [0.15, 0.2) is 58.1 Å². The van der Waals surface area contributed by atoms with Gasteiger partial charge in [0, 0.05) is 42.4 Å². The van der Waals surface area contributed by atoms with Crippen LogP contribution < -0.4 is 4.74 Å². The summed E-state index contributed by atoms with van der Waals surface area (Å²) in [6.07, 6.45) is 4.11. The number of ether oxygens (including phenoxy) is 1. The summed E-state index contributed by atoms with van der Waals surface area (Å²) >= 11 is 3.64. The molecule has 4 nitrogen and oxygen atoms in total. The van der Waals surface area contributed by atoms with Crippen molar-refractivity contribution in [2.45, 2.75) is 44.4 Å². The highest BCUT2D eigenvalue weighted by atomic mass is 79.9. The van der Waals surface area contributed by atoms with Gasteiger partial charge in [-0.05, 0) is 36.7 Å². The second kappa shape index (κ2) is 7.20. The molecule has 3 aliphatic heterocycles. The van der Waals surface area contributed by atoms with Crippen LogP contribution in [0.2, 0.25) is 0 Å². The number of hydrogen-bond acceptors (Lipinski definition) is 4. The molecular formula is C23H26BrN3O. The maximum Gasteiger partial charge on any atom is 0.200 e. The van der Waals surface area contributed by atoms with Crippen LogP contribution in [-0.2, 0) is 0 Å². The lowest BCUT2D eigenvalue weighted by atomic mass is 9.90. The van der Waals surface area contributed by atoms with E-state index in [2.05, 4.69) is 81.3 Å². The minimum absolute atomic E-state index is 0.245. The Balaban J connectivity index is 1.53. The SMILES string of the molecule is CCCN1CCC2(CC1)Oc1ccc(Br)cc1C1CC(c3ccccc3)=NN12. The van der Waals surface area contributed by atoms with Crippen molar-refractivity contribution in [3.63, 3.8) is 0 Å². The Morgan fingerprint density at radius 3 is 2.68 bits per heavy atom. The molecule has 146 valence electrons. The number of benzene rings is 2. The minimum Gasteiger partial charge on any atom is -0.466 e. The third-order valence-electron chi connectivity index (χ3n) is 6.24. The first-order valence-electron chi connectivity index (χ1n) is 10.3. The van der Waals surface area contributed by atoms with Crippen molar-refractivity contribution in [2.24, 2.45) is 5.10 Å². The predicted octanol–water partition coefficient (Wildman–Crippen LogP) is 5.19. The lowest BCUT2D eigenvalue weighted by Crippen LogP contribution is -2.59. The summed E-state index contributed by atoms with van der Waals surface area (Å²) in [4.78, 5) is 2.55. The monoisotopic (exact) mass is 439 g/mol. The summed E-state index contributed by atoms with van der Waals surface area (Å²) in [5.41, 5.74) is 3.29. The molecule has 0 aliphatic carbocycles. The second-order valence-electron chi connectivity index (χ2n) is 8.05. The van der Waals surface area contributed by atoms with Gasteiger partial charge in [0.2, 0.25) is 5.72 Å².